The number of β-lactam (4-membered cyclic amide) rings is 2. The maximum absolute atomic E-state index is 13.8. The summed E-state index contributed by atoms with van der Waals surface area (Å²) in [5.41, 5.74) is -0.485. The number of piperazine rings is 2. The fourth-order valence-electron chi connectivity index (χ4n) is 9.15. The van der Waals surface area contributed by atoms with E-state index in [1.54, 1.807) is 52.0 Å². The number of benzene rings is 3. The number of aliphatic carboxylic acids is 1. The minimum absolute atomic E-state index is 0. The molecule has 6 aliphatic heterocycles. The Bertz CT molecular complexity index is 3470. The maximum atomic E-state index is 13.8. The highest BCUT2D eigenvalue weighted by molar-refractivity contribution is 8.02. The number of amides is 12. The van der Waals surface area contributed by atoms with Gasteiger partial charge in [0.05, 0.1) is 13.7 Å². The fourth-order valence-corrected chi connectivity index (χ4v) is 12.4. The number of fused-ring (bicyclic) bond motifs is 2. The van der Waals surface area contributed by atoms with Gasteiger partial charge in [0.25, 0.3) is 0 Å². The van der Waals surface area contributed by atoms with Crippen molar-refractivity contribution in [3.8, 4) is 0 Å². The van der Waals surface area contributed by atoms with Gasteiger partial charge in [0.1, 0.15) is 53.6 Å². The third-order valence-corrected chi connectivity index (χ3v) is 16.3. The molecule has 25 nitrogen and oxygen atoms in total. The van der Waals surface area contributed by atoms with Crippen LogP contribution in [0, 0.1) is 0 Å². The van der Waals surface area contributed by atoms with E-state index in [0.29, 0.717) is 9.80 Å². The van der Waals surface area contributed by atoms with Crippen molar-refractivity contribution in [1.82, 2.24) is 50.7 Å². The molecule has 12 amide bonds. The molecule has 0 radical (unpaired) electrons. The molecule has 3 aromatic carbocycles. The average molecular weight is 1130 g/mol. The number of ether oxygens (including phenoxy) is 1. The summed E-state index contributed by atoms with van der Waals surface area (Å²) in [6, 6.07) is -9.90. The molecule has 414 valence electrons. The lowest BCUT2D eigenvalue weighted by molar-refractivity contribution is -0.165. The summed E-state index contributed by atoms with van der Waals surface area (Å²) >= 11 is 2.37. The number of nitrogens with one attached hydrogen (secondary N) is 4. The summed E-state index contributed by atoms with van der Waals surface area (Å²) < 4.78 is 84.9. The first kappa shape index (κ1) is 45.0. The predicted molar refractivity (Wildman–Crippen MR) is 278 cm³/mol. The molecule has 0 aromatic heterocycles. The fraction of sp³-hybridized carbons (Fsp3) is 0.412. The van der Waals surface area contributed by atoms with Crippen LogP contribution in [0.3, 0.4) is 0 Å². The minimum Gasteiger partial charge on any atom is -0.480 e. The van der Waals surface area contributed by atoms with Crippen molar-refractivity contribution in [2.24, 2.45) is 0 Å². The quantitative estimate of drug-likeness (QED) is 0.0873. The lowest BCUT2D eigenvalue weighted by Crippen LogP contribution is -2.71. The van der Waals surface area contributed by atoms with Gasteiger partial charge in [0.2, 0.25) is 23.6 Å². The number of esters is 1. The highest BCUT2D eigenvalue weighted by Gasteiger charge is 2.66. The van der Waals surface area contributed by atoms with Gasteiger partial charge in [-0.25, -0.2) is 19.2 Å². The Morgan fingerprint density at radius 3 is 1.44 bits per heavy atom. The summed E-state index contributed by atoms with van der Waals surface area (Å²) in [7, 11) is 2.72. The Kier molecular flexibility index (Phi) is 13.2. The van der Waals surface area contributed by atoms with Gasteiger partial charge in [-0.3, -0.25) is 48.2 Å². The van der Waals surface area contributed by atoms with Crippen LogP contribution in [0.25, 0.3) is 0 Å². The summed E-state index contributed by atoms with van der Waals surface area (Å²) in [6.45, 7) is 6.28. The van der Waals surface area contributed by atoms with Gasteiger partial charge in [0, 0.05) is 49.8 Å². The van der Waals surface area contributed by atoms with Crippen LogP contribution in [-0.4, -0.2) is 196 Å². The first-order valence-electron chi connectivity index (χ1n) is 28.5. The van der Waals surface area contributed by atoms with Crippen LogP contribution in [0.4, 0.5) is 9.59 Å². The Balaban J connectivity index is 0.000000251. The second-order valence-electron chi connectivity index (χ2n) is 19.1. The standard InChI is InChI=1S/C29H31N5O7S.C22H25N5O7S.H2O/c1-29(2)21(27(39)41-16-17-10-6-4-7-11-17)34-23(36)20(26(34)42-29)30-22(35)19(18-12-8-5-9-13-18)31-28(40)33-15-14-32(3)24(37)25(33)38;1-22(2)14(20(32)33)27-16(29)13(19(27)35-22)23-15(28)12(11-7-5-4-6-8-11)24-21(34)26-10-9-25(3)17(30)18(26)31;/h4-13,19-21,26H,14-16H2,1-3H3,(H,30,35)(H,31,40);4-8,12-14,19H,9-10H2,1-3H3,(H,23,28)(H,24,34)(H,32,33);1H2/t19-,20-,21?,26?;12-,13-,14?,19?;/m11./s1/i5D,8D,9D,12D,13D;4D,5D,6D,7D,8D;. The van der Waals surface area contributed by atoms with Crippen LogP contribution in [-0.2, 0) is 59.3 Å². The molecule has 0 aliphatic carbocycles. The minimum atomic E-state index is -1.99. The highest BCUT2D eigenvalue weighted by Crippen LogP contribution is 2.52. The van der Waals surface area contributed by atoms with E-state index in [9.17, 15) is 62.6 Å². The number of likely N-dealkylation sites (N-methyl/N-ethyl adjacent to an activating group) is 2. The van der Waals surface area contributed by atoms with E-state index in [-0.39, 0.29) is 38.3 Å². The second-order valence-corrected chi connectivity index (χ2v) is 22.7. The number of thioether (sulfide) groups is 2. The van der Waals surface area contributed by atoms with Crippen LogP contribution in [0.1, 0.15) is 70.2 Å². The number of hydrogen-bond acceptors (Lipinski definition) is 15. The molecule has 27 heteroatoms. The van der Waals surface area contributed by atoms with Crippen molar-refractivity contribution in [1.29, 1.82) is 0 Å². The van der Waals surface area contributed by atoms with Gasteiger partial charge in [-0.15, -0.1) is 23.5 Å². The Morgan fingerprint density at radius 1 is 0.628 bits per heavy atom. The third-order valence-electron chi connectivity index (χ3n) is 13.2. The van der Waals surface area contributed by atoms with Gasteiger partial charge in [-0.2, -0.15) is 0 Å². The van der Waals surface area contributed by atoms with Crippen molar-refractivity contribution >= 4 is 94.8 Å². The van der Waals surface area contributed by atoms with E-state index >= 15 is 0 Å². The molecule has 8 atom stereocenters. The third kappa shape index (κ3) is 11.2. The van der Waals surface area contributed by atoms with Crippen LogP contribution >= 0.6 is 23.5 Å². The normalized spacial score (nSPS) is 26.2. The molecule has 6 heterocycles. The monoisotopic (exact) mass is 1120 g/mol. The number of carbonyl (C=O) groups is 12. The van der Waals surface area contributed by atoms with E-state index in [0.717, 1.165) is 32.0 Å². The number of imide groups is 2. The highest BCUT2D eigenvalue weighted by atomic mass is 32.2. The predicted octanol–water partition coefficient (Wildman–Crippen LogP) is -0.427. The number of urea groups is 2. The molecule has 6 aliphatic rings. The molecule has 6 fully saturated rings. The molecule has 4 unspecified atom stereocenters. The molecule has 0 saturated carbocycles. The molecule has 3 aromatic rings. The van der Waals surface area contributed by atoms with Gasteiger partial charge in [-0.05, 0) is 44.4 Å². The molecule has 78 heavy (non-hydrogen) atoms. The van der Waals surface area contributed by atoms with Crippen molar-refractivity contribution in [3.05, 3.63) is 107 Å². The molecule has 7 N–H and O–H groups in total. The van der Waals surface area contributed by atoms with Gasteiger partial charge < -0.3 is 56.2 Å². The van der Waals surface area contributed by atoms with Crippen LogP contribution < -0.4 is 21.3 Å². The zero-order chi connectivity index (χ0) is 64.5. The van der Waals surface area contributed by atoms with Crippen molar-refractivity contribution < 1.29 is 86.6 Å². The van der Waals surface area contributed by atoms with Crippen molar-refractivity contribution in [2.75, 3.05) is 40.3 Å². The molecular weight excluding hydrogens is 1060 g/mol. The van der Waals surface area contributed by atoms with Gasteiger partial charge >= 0.3 is 47.6 Å². The summed E-state index contributed by atoms with van der Waals surface area (Å²) in [5, 5.41) is 17.4. The Hall–Kier alpha value is -8.04. The topological polar surface area (TPSA) is 333 Å². The van der Waals surface area contributed by atoms with Crippen molar-refractivity contribution in [3.63, 3.8) is 0 Å². The smallest absolute Gasteiger partial charge is 0.330 e. The lowest BCUT2D eigenvalue weighted by Gasteiger charge is -2.44. The lowest BCUT2D eigenvalue weighted by atomic mass is 9.95. The zero-order valence-corrected chi connectivity index (χ0v) is 43.9. The summed E-state index contributed by atoms with van der Waals surface area (Å²) in [6.07, 6.45) is 0. The number of nitrogens with zero attached hydrogens (tertiary/aromatic N) is 6. The molecule has 9 rings (SSSR count). The average Bonchev–Trinajstić information content (AvgIpc) is 1.60. The van der Waals surface area contributed by atoms with Crippen molar-refractivity contribution in [2.45, 2.75) is 90.8 Å². The molecule has 0 spiro atoms. The number of carboxylic acids is 1. The number of hydrogen-bond donors (Lipinski definition) is 5. The Labute approximate surface area is 469 Å². The van der Waals surface area contributed by atoms with E-state index < -0.39 is 199 Å². The maximum Gasteiger partial charge on any atom is 0.330 e. The van der Waals surface area contributed by atoms with Crippen LogP contribution in [0.5, 0.6) is 0 Å². The van der Waals surface area contributed by atoms with E-state index in [2.05, 4.69) is 21.3 Å². The zero-order valence-electron chi connectivity index (χ0n) is 52.3. The first-order chi connectivity index (χ1) is 40.6. The second kappa shape index (κ2) is 22.9. The molecule has 0 bridgehead atoms. The van der Waals surface area contributed by atoms with Gasteiger partial charge in [-0.1, -0.05) is 90.8 Å². The largest absolute Gasteiger partial charge is 0.480 e. The van der Waals surface area contributed by atoms with E-state index in [4.69, 9.17) is 18.4 Å². The summed E-state index contributed by atoms with van der Waals surface area (Å²) in [4.78, 5) is 160. The van der Waals surface area contributed by atoms with E-state index in [1.807, 2.05) is 6.07 Å². The number of rotatable bonds is 12. The molecular formula is C51H58N10O15S2. The Morgan fingerprint density at radius 2 is 1.03 bits per heavy atom. The van der Waals surface area contributed by atoms with Crippen LogP contribution in [0.15, 0.2) is 90.8 Å². The molecule has 6 saturated heterocycles. The van der Waals surface area contributed by atoms with E-state index in [1.165, 1.54) is 30.8 Å². The van der Waals surface area contributed by atoms with Crippen LogP contribution in [0.2, 0.25) is 0 Å². The van der Waals surface area contributed by atoms with Gasteiger partial charge in [0.15, 0.2) is 0 Å². The number of carboxylic acid groups (broad SMARTS) is 1. The first-order valence-corrected chi connectivity index (χ1v) is 25.3. The summed E-state index contributed by atoms with van der Waals surface area (Å²) in [5.74, 6) is -9.81. The number of carbonyl (C=O) groups excluding carboxylic acids is 11. The SMILES string of the molecule is O.[2H]c1c([2H])c([2H])c([C@@H](NC(=O)N2CCN(C)C(=O)C2=O)C(=O)N[C@@H]2C(=O)N3C2SC(C)(C)C3C(=O)O)c([2H])c1[2H].[2H]c1c([2H])c([2H])c([C@@H](NC(=O)N2CCN(C)C(=O)C2=O)C(=O)N[C@@H]2C(=O)N3C2SC(C)(C)C3C(=O)OCc2ccccc2)c([2H])c1[2H].